The Morgan fingerprint density at radius 2 is 1.80 bits per heavy atom. The number of hydrogen-bond donors (Lipinski definition) is 1. The standard InChI is InChI=1S/C25H21BrN4O4S/c1-2-13-34-24(33)17-9-7-16(8-10-17)15-30-22(31)20(29-19-6-3-5-18(26)14-19)21(23(30)32)35-25-27-11-4-12-28-25/h3-12,14,29H,2,13,15H2,1H3. The van der Waals surface area contributed by atoms with Crippen molar-refractivity contribution in [2.24, 2.45) is 0 Å². The van der Waals surface area contributed by atoms with Crippen molar-refractivity contribution in [1.82, 2.24) is 14.9 Å². The van der Waals surface area contributed by atoms with Crippen LogP contribution in [0.3, 0.4) is 0 Å². The number of benzene rings is 2. The van der Waals surface area contributed by atoms with Gasteiger partial charge in [0.2, 0.25) is 0 Å². The second kappa shape index (κ2) is 11.3. The van der Waals surface area contributed by atoms with Crippen LogP contribution < -0.4 is 5.32 Å². The van der Waals surface area contributed by atoms with Crippen LogP contribution in [0.25, 0.3) is 0 Å². The second-order valence-corrected chi connectivity index (χ2v) is 9.40. The summed E-state index contributed by atoms with van der Waals surface area (Å²) in [6.45, 7) is 2.32. The van der Waals surface area contributed by atoms with Crippen molar-refractivity contribution < 1.29 is 19.1 Å². The zero-order valence-electron chi connectivity index (χ0n) is 18.7. The van der Waals surface area contributed by atoms with Gasteiger partial charge in [-0.05, 0) is 60.1 Å². The first kappa shape index (κ1) is 24.6. The minimum absolute atomic E-state index is 0.0469. The zero-order valence-corrected chi connectivity index (χ0v) is 21.1. The molecule has 0 saturated heterocycles. The number of ether oxygens (including phenoxy) is 1. The van der Waals surface area contributed by atoms with Gasteiger partial charge in [0.05, 0.1) is 18.7 Å². The molecule has 4 rings (SSSR count). The van der Waals surface area contributed by atoms with Crippen molar-refractivity contribution in [3.05, 3.63) is 93.2 Å². The van der Waals surface area contributed by atoms with Gasteiger partial charge in [-0.15, -0.1) is 0 Å². The minimum atomic E-state index is -0.458. The summed E-state index contributed by atoms with van der Waals surface area (Å²) in [5.74, 6) is -1.31. The lowest BCUT2D eigenvalue weighted by molar-refractivity contribution is -0.137. The Kier molecular flexibility index (Phi) is 7.94. The molecule has 0 unspecified atom stereocenters. The summed E-state index contributed by atoms with van der Waals surface area (Å²) in [7, 11) is 0. The van der Waals surface area contributed by atoms with Crippen LogP contribution in [-0.2, 0) is 20.9 Å². The molecule has 35 heavy (non-hydrogen) atoms. The van der Waals surface area contributed by atoms with E-state index in [2.05, 4.69) is 31.2 Å². The highest BCUT2D eigenvalue weighted by Gasteiger charge is 2.39. The summed E-state index contributed by atoms with van der Waals surface area (Å²) >= 11 is 4.45. The Morgan fingerprint density at radius 3 is 2.49 bits per heavy atom. The zero-order chi connectivity index (χ0) is 24.8. The van der Waals surface area contributed by atoms with Gasteiger partial charge >= 0.3 is 5.97 Å². The fourth-order valence-corrected chi connectivity index (χ4v) is 4.50. The van der Waals surface area contributed by atoms with Crippen LogP contribution in [-0.4, -0.2) is 39.3 Å². The summed E-state index contributed by atoms with van der Waals surface area (Å²) < 4.78 is 5.97. The molecule has 8 nitrogen and oxygen atoms in total. The van der Waals surface area contributed by atoms with Crippen LogP contribution in [0.1, 0.15) is 29.3 Å². The Hall–Kier alpha value is -3.50. The molecule has 0 atom stereocenters. The van der Waals surface area contributed by atoms with Crippen LogP contribution in [0.5, 0.6) is 0 Å². The van der Waals surface area contributed by atoms with Gasteiger partial charge in [-0.1, -0.05) is 41.1 Å². The first-order valence-corrected chi connectivity index (χ1v) is 12.4. The lowest BCUT2D eigenvalue weighted by Gasteiger charge is -2.15. The molecule has 1 aliphatic rings. The van der Waals surface area contributed by atoms with E-state index < -0.39 is 17.8 Å². The Bertz CT molecular complexity index is 1280. The van der Waals surface area contributed by atoms with E-state index in [9.17, 15) is 14.4 Å². The summed E-state index contributed by atoms with van der Waals surface area (Å²) in [6, 6.07) is 15.6. The molecule has 2 amide bonds. The largest absolute Gasteiger partial charge is 0.462 e. The molecule has 1 aromatic heterocycles. The lowest BCUT2D eigenvalue weighted by Crippen LogP contribution is -2.32. The van der Waals surface area contributed by atoms with E-state index in [1.54, 1.807) is 48.8 Å². The predicted molar refractivity (Wildman–Crippen MR) is 135 cm³/mol. The van der Waals surface area contributed by atoms with Crippen molar-refractivity contribution in [2.45, 2.75) is 25.0 Å². The highest BCUT2D eigenvalue weighted by atomic mass is 79.9. The molecular formula is C25H21BrN4O4S. The minimum Gasteiger partial charge on any atom is -0.462 e. The number of aromatic nitrogens is 2. The summed E-state index contributed by atoms with van der Waals surface area (Å²) in [5, 5.41) is 3.45. The molecule has 178 valence electrons. The summed E-state index contributed by atoms with van der Waals surface area (Å²) in [5.41, 5.74) is 1.92. The van der Waals surface area contributed by atoms with Gasteiger partial charge in [-0.2, -0.15) is 0 Å². The number of halogens is 1. The number of carbonyl (C=O) groups is 3. The average molecular weight is 553 g/mol. The highest BCUT2D eigenvalue weighted by Crippen LogP contribution is 2.35. The van der Waals surface area contributed by atoms with E-state index in [0.717, 1.165) is 27.6 Å². The Morgan fingerprint density at radius 1 is 1.06 bits per heavy atom. The number of carbonyl (C=O) groups excluding carboxylic acids is 3. The van der Waals surface area contributed by atoms with Gasteiger partial charge in [0, 0.05) is 22.6 Å². The van der Waals surface area contributed by atoms with Gasteiger partial charge in [0.15, 0.2) is 5.16 Å². The van der Waals surface area contributed by atoms with E-state index in [4.69, 9.17) is 4.74 Å². The molecule has 0 spiro atoms. The monoisotopic (exact) mass is 552 g/mol. The number of anilines is 1. The first-order chi connectivity index (χ1) is 17.0. The van der Waals surface area contributed by atoms with Crippen molar-refractivity contribution in [3.63, 3.8) is 0 Å². The summed E-state index contributed by atoms with van der Waals surface area (Å²) in [4.78, 5) is 48.4. The van der Waals surface area contributed by atoms with E-state index in [0.29, 0.717) is 28.6 Å². The van der Waals surface area contributed by atoms with Crippen LogP contribution in [0, 0.1) is 0 Å². The molecule has 1 N–H and O–H groups in total. The molecule has 10 heteroatoms. The molecule has 2 heterocycles. The number of nitrogens with one attached hydrogen (secondary N) is 1. The molecule has 0 fully saturated rings. The highest BCUT2D eigenvalue weighted by molar-refractivity contribution is 9.10. The molecule has 0 saturated carbocycles. The molecule has 0 aliphatic carbocycles. The predicted octanol–water partition coefficient (Wildman–Crippen LogP) is 4.79. The van der Waals surface area contributed by atoms with Gasteiger partial charge in [-0.3, -0.25) is 14.5 Å². The lowest BCUT2D eigenvalue weighted by atomic mass is 10.1. The quantitative estimate of drug-likeness (QED) is 0.229. The van der Waals surface area contributed by atoms with Gasteiger partial charge in [-0.25, -0.2) is 14.8 Å². The Labute approximate surface area is 214 Å². The third-order valence-corrected chi connectivity index (χ3v) is 6.39. The Balaban J connectivity index is 1.57. The number of rotatable bonds is 9. The third kappa shape index (κ3) is 5.95. The fraction of sp³-hybridized carbons (Fsp3) is 0.160. The SMILES string of the molecule is CCCOC(=O)c1ccc(CN2C(=O)C(Nc3cccc(Br)c3)=C(Sc3ncccn3)C2=O)cc1. The van der Waals surface area contributed by atoms with Crippen LogP contribution in [0.2, 0.25) is 0 Å². The van der Waals surface area contributed by atoms with Crippen molar-refractivity contribution in [1.29, 1.82) is 0 Å². The topological polar surface area (TPSA) is 101 Å². The number of imide groups is 1. The van der Waals surface area contributed by atoms with Crippen LogP contribution in [0.4, 0.5) is 5.69 Å². The molecule has 0 bridgehead atoms. The van der Waals surface area contributed by atoms with Gasteiger partial charge in [0.25, 0.3) is 11.8 Å². The first-order valence-electron chi connectivity index (χ1n) is 10.8. The maximum Gasteiger partial charge on any atom is 0.338 e. The molecule has 2 aromatic carbocycles. The van der Waals surface area contributed by atoms with E-state index >= 15 is 0 Å². The maximum atomic E-state index is 13.3. The van der Waals surface area contributed by atoms with Gasteiger partial charge in [0.1, 0.15) is 10.6 Å². The number of thioether (sulfide) groups is 1. The number of nitrogens with zero attached hydrogens (tertiary/aromatic N) is 3. The van der Waals surface area contributed by atoms with Crippen LogP contribution in [0.15, 0.2) is 87.2 Å². The van der Waals surface area contributed by atoms with Crippen molar-refractivity contribution in [2.75, 3.05) is 11.9 Å². The third-order valence-electron chi connectivity index (χ3n) is 4.92. The van der Waals surface area contributed by atoms with E-state index in [-0.39, 0.29) is 17.1 Å². The second-order valence-electron chi connectivity index (χ2n) is 7.50. The molecule has 0 radical (unpaired) electrons. The summed E-state index contributed by atoms with van der Waals surface area (Å²) in [6.07, 6.45) is 3.88. The maximum absolute atomic E-state index is 13.3. The molecular weight excluding hydrogens is 532 g/mol. The van der Waals surface area contributed by atoms with Crippen molar-refractivity contribution >= 4 is 51.2 Å². The van der Waals surface area contributed by atoms with E-state index in [1.165, 1.54) is 0 Å². The smallest absolute Gasteiger partial charge is 0.338 e. The van der Waals surface area contributed by atoms with E-state index in [1.807, 2.05) is 25.1 Å². The number of hydrogen-bond acceptors (Lipinski definition) is 8. The van der Waals surface area contributed by atoms with Crippen LogP contribution >= 0.6 is 27.7 Å². The van der Waals surface area contributed by atoms with Gasteiger partial charge < -0.3 is 10.1 Å². The normalized spacial score (nSPS) is 13.4. The average Bonchev–Trinajstić information content (AvgIpc) is 3.07. The fourth-order valence-electron chi connectivity index (χ4n) is 3.25. The number of amides is 2. The number of esters is 1. The molecule has 1 aliphatic heterocycles. The molecule has 3 aromatic rings. The van der Waals surface area contributed by atoms with Crippen molar-refractivity contribution in [3.8, 4) is 0 Å².